The van der Waals surface area contributed by atoms with Crippen LogP contribution in [0.15, 0.2) is 48.5 Å². The first-order chi connectivity index (χ1) is 12.6. The first-order valence-electron chi connectivity index (χ1n) is 8.91. The third kappa shape index (κ3) is 4.35. The number of nitrogens with zero attached hydrogens (tertiary/aromatic N) is 3. The van der Waals surface area contributed by atoms with Crippen LogP contribution in [0.1, 0.15) is 30.3 Å². The second-order valence-corrected chi connectivity index (χ2v) is 6.82. The van der Waals surface area contributed by atoms with Crippen LogP contribution in [-0.4, -0.2) is 26.5 Å². The predicted molar refractivity (Wildman–Crippen MR) is 112 cm³/mol. The van der Waals surface area contributed by atoms with Gasteiger partial charge >= 0.3 is 0 Å². The minimum absolute atomic E-state index is 0.729. The Morgan fingerprint density at radius 3 is 2.38 bits per heavy atom. The largest absolute Gasteiger partial charge is 0.345 e. The van der Waals surface area contributed by atoms with Gasteiger partial charge in [0.2, 0.25) is 0 Å². The molecule has 0 spiro atoms. The first kappa shape index (κ1) is 18.3. The van der Waals surface area contributed by atoms with Gasteiger partial charge in [0.25, 0.3) is 0 Å². The van der Waals surface area contributed by atoms with E-state index in [2.05, 4.69) is 51.4 Å². The zero-order valence-corrected chi connectivity index (χ0v) is 16.3. The summed E-state index contributed by atoms with van der Waals surface area (Å²) in [7, 11) is 0. The fraction of sp³-hybridized carbons (Fsp3) is 0.286. The van der Waals surface area contributed by atoms with E-state index in [0.717, 1.165) is 52.7 Å². The van der Waals surface area contributed by atoms with E-state index >= 15 is 0 Å². The molecule has 0 amide bonds. The number of fused-ring (bicyclic) bond motifs is 1. The van der Waals surface area contributed by atoms with Crippen molar-refractivity contribution in [3.63, 3.8) is 0 Å². The molecule has 1 aromatic heterocycles. The molecule has 2 aromatic carbocycles. The van der Waals surface area contributed by atoms with Crippen LogP contribution >= 0.6 is 12.2 Å². The normalized spacial score (nSPS) is 10.7. The first-order valence-corrected chi connectivity index (χ1v) is 9.32. The summed E-state index contributed by atoms with van der Waals surface area (Å²) in [6.07, 6.45) is 1.04. The van der Waals surface area contributed by atoms with Crippen molar-refractivity contribution in [2.24, 2.45) is 0 Å². The SMILES string of the molecule is CCCN(Cc1ccccc1)C(=S)Nc1ccc2nc(C)c(C)nc2c1. The number of hydrogen-bond acceptors (Lipinski definition) is 3. The van der Waals surface area contributed by atoms with Crippen molar-refractivity contribution in [3.8, 4) is 0 Å². The van der Waals surface area contributed by atoms with Gasteiger partial charge in [-0.15, -0.1) is 0 Å². The summed E-state index contributed by atoms with van der Waals surface area (Å²) in [6, 6.07) is 16.4. The average molecular weight is 365 g/mol. The van der Waals surface area contributed by atoms with E-state index in [9.17, 15) is 0 Å². The molecule has 1 heterocycles. The monoisotopic (exact) mass is 364 g/mol. The summed E-state index contributed by atoms with van der Waals surface area (Å²) >= 11 is 5.67. The van der Waals surface area contributed by atoms with Crippen molar-refractivity contribution in [1.29, 1.82) is 0 Å². The van der Waals surface area contributed by atoms with Crippen molar-refractivity contribution in [1.82, 2.24) is 14.9 Å². The number of benzene rings is 2. The molecule has 3 rings (SSSR count). The molecule has 1 N–H and O–H groups in total. The molecule has 0 radical (unpaired) electrons. The van der Waals surface area contributed by atoms with Crippen LogP contribution in [-0.2, 0) is 6.54 Å². The number of aryl methyl sites for hydroxylation is 2. The van der Waals surface area contributed by atoms with E-state index in [0.29, 0.717) is 0 Å². The fourth-order valence-electron chi connectivity index (χ4n) is 2.84. The summed E-state index contributed by atoms with van der Waals surface area (Å²) in [4.78, 5) is 11.4. The Bertz CT molecular complexity index is 909. The van der Waals surface area contributed by atoms with Gasteiger partial charge in [0.1, 0.15) is 0 Å². The van der Waals surface area contributed by atoms with Crippen molar-refractivity contribution >= 4 is 34.1 Å². The molecule has 26 heavy (non-hydrogen) atoms. The van der Waals surface area contributed by atoms with Gasteiger partial charge in [-0.05, 0) is 56.2 Å². The molecule has 0 aliphatic rings. The van der Waals surface area contributed by atoms with Gasteiger partial charge in [-0.25, -0.2) is 9.97 Å². The number of anilines is 1. The highest BCUT2D eigenvalue weighted by atomic mass is 32.1. The number of thiocarbonyl (C=S) groups is 1. The number of hydrogen-bond donors (Lipinski definition) is 1. The fourth-order valence-corrected chi connectivity index (χ4v) is 3.11. The molecule has 0 bridgehead atoms. The third-order valence-corrected chi connectivity index (χ3v) is 4.68. The van der Waals surface area contributed by atoms with Gasteiger partial charge < -0.3 is 10.2 Å². The van der Waals surface area contributed by atoms with Gasteiger partial charge in [0.05, 0.1) is 22.4 Å². The van der Waals surface area contributed by atoms with Crippen molar-refractivity contribution in [2.75, 3.05) is 11.9 Å². The van der Waals surface area contributed by atoms with Crippen LogP contribution in [0.2, 0.25) is 0 Å². The van der Waals surface area contributed by atoms with Gasteiger partial charge in [0, 0.05) is 18.8 Å². The second-order valence-electron chi connectivity index (χ2n) is 6.44. The Kier molecular flexibility index (Phi) is 5.78. The van der Waals surface area contributed by atoms with Gasteiger partial charge in [-0.1, -0.05) is 37.3 Å². The highest BCUT2D eigenvalue weighted by molar-refractivity contribution is 7.80. The Morgan fingerprint density at radius 2 is 1.69 bits per heavy atom. The highest BCUT2D eigenvalue weighted by Crippen LogP contribution is 2.18. The molecule has 0 saturated heterocycles. The summed E-state index contributed by atoms with van der Waals surface area (Å²) in [5.74, 6) is 0. The summed E-state index contributed by atoms with van der Waals surface area (Å²) in [5, 5.41) is 4.09. The van der Waals surface area contributed by atoms with Crippen LogP contribution in [0.5, 0.6) is 0 Å². The minimum atomic E-state index is 0.729. The lowest BCUT2D eigenvalue weighted by atomic mass is 10.2. The van der Waals surface area contributed by atoms with E-state index in [-0.39, 0.29) is 0 Å². The van der Waals surface area contributed by atoms with E-state index in [1.54, 1.807) is 0 Å². The molecular weight excluding hydrogens is 340 g/mol. The number of aromatic nitrogens is 2. The van der Waals surface area contributed by atoms with E-state index in [1.165, 1.54) is 5.56 Å². The average Bonchev–Trinajstić information content (AvgIpc) is 2.63. The topological polar surface area (TPSA) is 41.0 Å². The Balaban J connectivity index is 1.78. The minimum Gasteiger partial charge on any atom is -0.345 e. The molecule has 4 nitrogen and oxygen atoms in total. The summed E-state index contributed by atoms with van der Waals surface area (Å²) in [6.45, 7) is 7.83. The lowest BCUT2D eigenvalue weighted by Gasteiger charge is -2.25. The quantitative estimate of drug-likeness (QED) is 0.655. The van der Waals surface area contributed by atoms with E-state index in [1.807, 2.05) is 38.1 Å². The summed E-state index contributed by atoms with van der Waals surface area (Å²) in [5.41, 5.74) is 5.89. The highest BCUT2D eigenvalue weighted by Gasteiger charge is 2.11. The van der Waals surface area contributed by atoms with Gasteiger partial charge in [-0.2, -0.15) is 0 Å². The molecule has 0 aliphatic carbocycles. The number of rotatable bonds is 5. The van der Waals surface area contributed by atoms with E-state index < -0.39 is 0 Å². The maximum atomic E-state index is 5.67. The molecule has 5 heteroatoms. The molecule has 134 valence electrons. The van der Waals surface area contributed by atoms with Crippen LogP contribution in [0.25, 0.3) is 11.0 Å². The van der Waals surface area contributed by atoms with Crippen molar-refractivity contribution in [3.05, 3.63) is 65.5 Å². The molecule has 0 aliphatic heterocycles. The molecule has 0 fully saturated rings. The molecule has 0 saturated carbocycles. The zero-order chi connectivity index (χ0) is 18.5. The zero-order valence-electron chi connectivity index (χ0n) is 15.5. The Hall–Kier alpha value is -2.53. The van der Waals surface area contributed by atoms with Crippen LogP contribution < -0.4 is 5.32 Å². The van der Waals surface area contributed by atoms with Crippen molar-refractivity contribution < 1.29 is 0 Å². The third-order valence-electron chi connectivity index (χ3n) is 4.32. The summed E-state index contributed by atoms with van der Waals surface area (Å²) < 4.78 is 0. The molecule has 0 atom stereocenters. The second kappa shape index (κ2) is 8.23. The standard InChI is InChI=1S/C21H24N4S/c1-4-12-25(14-17-8-6-5-7-9-17)21(26)24-18-10-11-19-20(13-18)23-16(3)15(2)22-19/h5-11,13H,4,12,14H2,1-3H3,(H,24,26). The Morgan fingerprint density at radius 1 is 1.00 bits per heavy atom. The predicted octanol–water partition coefficient (Wildman–Crippen LogP) is 4.86. The maximum Gasteiger partial charge on any atom is 0.173 e. The van der Waals surface area contributed by atoms with Gasteiger partial charge in [-0.3, -0.25) is 0 Å². The van der Waals surface area contributed by atoms with Crippen LogP contribution in [0, 0.1) is 13.8 Å². The lowest BCUT2D eigenvalue weighted by Crippen LogP contribution is -2.34. The van der Waals surface area contributed by atoms with Crippen LogP contribution in [0.3, 0.4) is 0 Å². The van der Waals surface area contributed by atoms with E-state index in [4.69, 9.17) is 12.2 Å². The maximum absolute atomic E-state index is 5.67. The van der Waals surface area contributed by atoms with Crippen molar-refractivity contribution in [2.45, 2.75) is 33.7 Å². The molecule has 0 unspecified atom stereocenters. The Labute approximate surface area is 160 Å². The molecule has 3 aromatic rings. The lowest BCUT2D eigenvalue weighted by molar-refractivity contribution is 0.418. The number of nitrogens with one attached hydrogen (secondary N) is 1. The molecular formula is C21H24N4S. The smallest absolute Gasteiger partial charge is 0.173 e. The van der Waals surface area contributed by atoms with Crippen LogP contribution in [0.4, 0.5) is 5.69 Å². The van der Waals surface area contributed by atoms with Gasteiger partial charge in [0.15, 0.2) is 5.11 Å².